The minimum atomic E-state index is -0.247. The van der Waals surface area contributed by atoms with E-state index in [1.165, 1.54) is 11.3 Å². The Morgan fingerprint density at radius 3 is 2.88 bits per heavy atom. The van der Waals surface area contributed by atoms with Crippen molar-refractivity contribution in [3.05, 3.63) is 51.5 Å². The molecular formula is C18H16BrClN2O2S. The first-order valence-electron chi connectivity index (χ1n) is 7.70. The number of hydrogen-bond acceptors (Lipinski definition) is 4. The van der Waals surface area contributed by atoms with Gasteiger partial charge in [-0.3, -0.25) is 10.1 Å². The summed E-state index contributed by atoms with van der Waals surface area (Å²) >= 11 is 10.8. The standard InChI is InChI=1S/C18H16BrClN2O2S/c1-10(2)13-7-11(19)3-6-15(13)24-9-17(23)22-18-21-14-5-4-12(20)8-16(14)25-18/h3-8,10H,9H2,1-2H3,(H,21,22,23). The first kappa shape index (κ1) is 18.2. The molecule has 0 bridgehead atoms. The van der Waals surface area contributed by atoms with E-state index in [0.29, 0.717) is 21.8 Å². The van der Waals surface area contributed by atoms with Gasteiger partial charge < -0.3 is 4.74 Å². The number of nitrogens with zero attached hydrogens (tertiary/aromatic N) is 1. The van der Waals surface area contributed by atoms with E-state index in [1.807, 2.05) is 30.3 Å². The number of fused-ring (bicyclic) bond motifs is 1. The number of aromatic nitrogens is 1. The van der Waals surface area contributed by atoms with Crippen LogP contribution in [-0.2, 0) is 4.79 Å². The Hall–Kier alpha value is -1.63. The number of nitrogens with one attached hydrogen (secondary N) is 1. The van der Waals surface area contributed by atoms with Crippen molar-refractivity contribution in [1.82, 2.24) is 4.98 Å². The lowest BCUT2D eigenvalue weighted by atomic mass is 10.0. The van der Waals surface area contributed by atoms with Gasteiger partial charge in [-0.2, -0.15) is 0 Å². The van der Waals surface area contributed by atoms with Crippen LogP contribution in [0.2, 0.25) is 5.02 Å². The zero-order chi connectivity index (χ0) is 18.0. The summed E-state index contributed by atoms with van der Waals surface area (Å²) < 4.78 is 7.62. The molecule has 3 rings (SSSR count). The Morgan fingerprint density at radius 2 is 2.12 bits per heavy atom. The molecule has 3 aromatic rings. The van der Waals surface area contributed by atoms with E-state index < -0.39 is 0 Å². The Kier molecular flexibility index (Phi) is 5.61. The van der Waals surface area contributed by atoms with Gasteiger partial charge in [-0.05, 0) is 47.9 Å². The van der Waals surface area contributed by atoms with Crippen molar-refractivity contribution in [3.63, 3.8) is 0 Å². The third-order valence-corrected chi connectivity index (χ3v) is 5.21. The Balaban J connectivity index is 1.66. The molecule has 1 N–H and O–H groups in total. The Morgan fingerprint density at radius 1 is 1.32 bits per heavy atom. The zero-order valence-electron chi connectivity index (χ0n) is 13.7. The highest BCUT2D eigenvalue weighted by Crippen LogP contribution is 2.30. The van der Waals surface area contributed by atoms with Gasteiger partial charge in [-0.25, -0.2) is 4.98 Å². The Bertz CT molecular complexity index is 927. The van der Waals surface area contributed by atoms with E-state index in [9.17, 15) is 4.79 Å². The van der Waals surface area contributed by atoms with Crippen LogP contribution >= 0.6 is 38.9 Å². The van der Waals surface area contributed by atoms with Crippen molar-refractivity contribution in [3.8, 4) is 5.75 Å². The average molecular weight is 440 g/mol. The van der Waals surface area contributed by atoms with E-state index in [0.717, 1.165) is 20.3 Å². The molecule has 7 heteroatoms. The molecule has 0 saturated heterocycles. The van der Waals surface area contributed by atoms with Crippen molar-refractivity contribution in [2.24, 2.45) is 0 Å². The molecule has 0 aliphatic rings. The molecule has 25 heavy (non-hydrogen) atoms. The van der Waals surface area contributed by atoms with Crippen LogP contribution in [0.1, 0.15) is 25.3 Å². The first-order valence-corrected chi connectivity index (χ1v) is 9.69. The highest BCUT2D eigenvalue weighted by molar-refractivity contribution is 9.10. The van der Waals surface area contributed by atoms with Crippen molar-refractivity contribution in [1.29, 1.82) is 0 Å². The first-order chi connectivity index (χ1) is 11.9. The van der Waals surface area contributed by atoms with E-state index >= 15 is 0 Å². The SMILES string of the molecule is CC(C)c1cc(Br)ccc1OCC(=O)Nc1nc2ccc(Cl)cc2s1. The second kappa shape index (κ2) is 7.72. The van der Waals surface area contributed by atoms with E-state index in [-0.39, 0.29) is 12.5 Å². The normalized spacial score (nSPS) is 11.1. The lowest BCUT2D eigenvalue weighted by Gasteiger charge is -2.14. The van der Waals surface area contributed by atoms with Crippen LogP contribution < -0.4 is 10.1 Å². The molecule has 2 aromatic carbocycles. The van der Waals surface area contributed by atoms with Crippen LogP contribution in [0, 0.1) is 0 Å². The summed E-state index contributed by atoms with van der Waals surface area (Å²) in [6.45, 7) is 4.10. The molecular weight excluding hydrogens is 424 g/mol. The summed E-state index contributed by atoms with van der Waals surface area (Å²) in [5.41, 5.74) is 1.86. The number of carbonyl (C=O) groups excluding carboxylic acids is 1. The predicted octanol–water partition coefficient (Wildman–Crippen LogP) is 5.85. The fraction of sp³-hybridized carbons (Fsp3) is 0.222. The van der Waals surface area contributed by atoms with Gasteiger partial charge in [0.1, 0.15) is 5.75 Å². The maximum atomic E-state index is 12.2. The largest absolute Gasteiger partial charge is 0.483 e. The number of thiazole rings is 1. The van der Waals surface area contributed by atoms with Crippen molar-refractivity contribution in [2.75, 3.05) is 11.9 Å². The van der Waals surface area contributed by atoms with Gasteiger partial charge in [-0.1, -0.05) is 52.7 Å². The highest BCUT2D eigenvalue weighted by atomic mass is 79.9. The Labute approximate surface area is 163 Å². The molecule has 4 nitrogen and oxygen atoms in total. The molecule has 130 valence electrons. The summed E-state index contributed by atoms with van der Waals surface area (Å²) in [7, 11) is 0. The fourth-order valence-corrected chi connectivity index (χ4v) is 3.89. The van der Waals surface area contributed by atoms with Crippen LogP contribution in [-0.4, -0.2) is 17.5 Å². The quantitative estimate of drug-likeness (QED) is 0.542. The van der Waals surface area contributed by atoms with Gasteiger partial charge in [0.25, 0.3) is 5.91 Å². The number of carbonyl (C=O) groups is 1. The van der Waals surface area contributed by atoms with Crippen LogP contribution in [0.5, 0.6) is 5.75 Å². The minimum Gasteiger partial charge on any atom is -0.483 e. The zero-order valence-corrected chi connectivity index (χ0v) is 16.8. The molecule has 0 aliphatic heterocycles. The van der Waals surface area contributed by atoms with Gasteiger partial charge in [0.05, 0.1) is 10.2 Å². The number of halogens is 2. The van der Waals surface area contributed by atoms with Crippen molar-refractivity contribution in [2.45, 2.75) is 19.8 Å². The van der Waals surface area contributed by atoms with Gasteiger partial charge >= 0.3 is 0 Å². The van der Waals surface area contributed by atoms with Crippen molar-refractivity contribution < 1.29 is 9.53 Å². The third kappa shape index (κ3) is 4.51. The second-order valence-corrected chi connectivity index (χ2v) is 8.19. The number of anilines is 1. The maximum Gasteiger partial charge on any atom is 0.264 e. The lowest BCUT2D eigenvalue weighted by molar-refractivity contribution is -0.118. The van der Waals surface area contributed by atoms with Crippen LogP contribution in [0.25, 0.3) is 10.2 Å². The smallest absolute Gasteiger partial charge is 0.264 e. The fourth-order valence-electron chi connectivity index (χ4n) is 2.35. The van der Waals surface area contributed by atoms with Gasteiger partial charge in [0, 0.05) is 9.50 Å². The monoisotopic (exact) mass is 438 g/mol. The van der Waals surface area contributed by atoms with Crippen LogP contribution in [0.15, 0.2) is 40.9 Å². The van der Waals surface area contributed by atoms with Crippen molar-refractivity contribution >= 4 is 60.1 Å². The molecule has 0 spiro atoms. The second-order valence-electron chi connectivity index (χ2n) is 5.80. The number of rotatable bonds is 5. The average Bonchev–Trinajstić information content (AvgIpc) is 2.94. The molecule has 0 radical (unpaired) electrons. The molecule has 1 amide bonds. The summed E-state index contributed by atoms with van der Waals surface area (Å²) in [5, 5.41) is 3.95. The topological polar surface area (TPSA) is 51.2 Å². The van der Waals surface area contributed by atoms with E-state index in [2.05, 4.69) is 40.1 Å². The summed E-state index contributed by atoms with van der Waals surface area (Å²) in [5.74, 6) is 0.761. The molecule has 1 heterocycles. The van der Waals surface area contributed by atoms with E-state index in [1.54, 1.807) is 6.07 Å². The molecule has 0 aliphatic carbocycles. The minimum absolute atomic E-state index is 0.0714. The van der Waals surface area contributed by atoms with Gasteiger partial charge in [0.15, 0.2) is 11.7 Å². The van der Waals surface area contributed by atoms with Gasteiger partial charge in [0.2, 0.25) is 0 Å². The number of ether oxygens (including phenoxy) is 1. The maximum absolute atomic E-state index is 12.2. The summed E-state index contributed by atoms with van der Waals surface area (Å²) in [4.78, 5) is 16.5. The molecule has 0 saturated carbocycles. The summed E-state index contributed by atoms with van der Waals surface area (Å²) in [6, 6.07) is 11.2. The van der Waals surface area contributed by atoms with Gasteiger partial charge in [-0.15, -0.1) is 0 Å². The lowest BCUT2D eigenvalue weighted by Crippen LogP contribution is -2.20. The number of amides is 1. The molecule has 1 aromatic heterocycles. The molecule has 0 atom stereocenters. The highest BCUT2D eigenvalue weighted by Gasteiger charge is 2.12. The predicted molar refractivity (Wildman–Crippen MR) is 107 cm³/mol. The van der Waals surface area contributed by atoms with Crippen LogP contribution in [0.3, 0.4) is 0 Å². The van der Waals surface area contributed by atoms with E-state index in [4.69, 9.17) is 16.3 Å². The van der Waals surface area contributed by atoms with Crippen LogP contribution in [0.4, 0.5) is 5.13 Å². The third-order valence-electron chi connectivity index (χ3n) is 3.55. The molecule has 0 unspecified atom stereocenters. The molecule has 0 fully saturated rings. The summed E-state index contributed by atoms with van der Waals surface area (Å²) in [6.07, 6.45) is 0. The number of benzene rings is 2. The number of hydrogen-bond donors (Lipinski definition) is 1.